The molecule has 1 amide bonds. The molecule has 1 unspecified atom stereocenters. The minimum absolute atomic E-state index is 0.266. The third-order valence-corrected chi connectivity index (χ3v) is 6.59. The third kappa shape index (κ3) is 5.41. The fourth-order valence-electron chi connectivity index (χ4n) is 2.35. The van der Waals surface area contributed by atoms with Gasteiger partial charge in [-0.1, -0.05) is 58.3 Å². The normalized spacial score (nSPS) is 18.1. The molecule has 1 atom stereocenters. The predicted molar refractivity (Wildman–Crippen MR) is 89.8 cm³/mol. The Balaban J connectivity index is 1.61. The van der Waals surface area contributed by atoms with Crippen LogP contribution in [0, 0.1) is 0 Å². The zero-order valence-corrected chi connectivity index (χ0v) is 13.7. The monoisotopic (exact) mass is 309 g/mol. The van der Waals surface area contributed by atoms with Gasteiger partial charge in [-0.15, -0.1) is 0 Å². The number of nitrogens with zero attached hydrogens (tertiary/aromatic N) is 1. The lowest BCUT2D eigenvalue weighted by Gasteiger charge is -2.17. The maximum atomic E-state index is 12.1. The molecular weight excluding hydrogens is 286 g/mol. The zero-order valence-electron chi connectivity index (χ0n) is 12.1. The van der Waals surface area contributed by atoms with Crippen molar-refractivity contribution in [1.29, 1.82) is 0 Å². The van der Waals surface area contributed by atoms with E-state index in [1.165, 1.54) is 30.6 Å². The van der Waals surface area contributed by atoms with Crippen LogP contribution in [-0.2, 0) is 11.3 Å². The highest BCUT2D eigenvalue weighted by Crippen LogP contribution is 2.39. The van der Waals surface area contributed by atoms with Crippen LogP contribution in [0.4, 0.5) is 0 Å². The number of carbonyl (C=O) groups is 1. The van der Waals surface area contributed by atoms with Gasteiger partial charge in [-0.3, -0.25) is 4.79 Å². The Morgan fingerprint density at radius 1 is 1.30 bits per heavy atom. The van der Waals surface area contributed by atoms with Gasteiger partial charge in [-0.25, -0.2) is 0 Å². The molecule has 20 heavy (non-hydrogen) atoms. The van der Waals surface area contributed by atoms with Crippen LogP contribution in [0.25, 0.3) is 0 Å². The van der Waals surface area contributed by atoms with Gasteiger partial charge in [-0.05, 0) is 24.8 Å². The average Bonchev–Trinajstić information content (AvgIpc) is 2.97. The van der Waals surface area contributed by atoms with E-state index < -0.39 is 0 Å². The van der Waals surface area contributed by atoms with Crippen LogP contribution < -0.4 is 0 Å². The van der Waals surface area contributed by atoms with Crippen molar-refractivity contribution in [1.82, 2.24) is 4.90 Å². The van der Waals surface area contributed by atoms with Crippen molar-refractivity contribution in [2.24, 2.45) is 0 Å². The second-order valence-corrected chi connectivity index (χ2v) is 8.10. The first kappa shape index (κ1) is 15.8. The Hall–Kier alpha value is -0.610. The van der Waals surface area contributed by atoms with E-state index in [1.54, 1.807) is 0 Å². The lowest BCUT2D eigenvalue weighted by molar-refractivity contribution is -0.130. The summed E-state index contributed by atoms with van der Waals surface area (Å²) in [5, 5.41) is 0.831. The summed E-state index contributed by atoms with van der Waals surface area (Å²) in [5.41, 5.74) is 1.20. The maximum absolute atomic E-state index is 12.1. The van der Waals surface area contributed by atoms with Crippen LogP contribution in [0.5, 0.6) is 0 Å². The summed E-state index contributed by atoms with van der Waals surface area (Å²) < 4.78 is 0. The Bertz CT molecular complexity index is 404. The molecule has 1 aliphatic heterocycles. The molecule has 1 aliphatic rings. The summed E-state index contributed by atoms with van der Waals surface area (Å²) in [6, 6.07) is 10.2. The largest absolute Gasteiger partial charge is 0.341 e. The van der Waals surface area contributed by atoms with E-state index in [4.69, 9.17) is 0 Å². The molecule has 0 bridgehead atoms. The molecule has 110 valence electrons. The SMILES string of the molecule is CN(Cc1ccccc1)C(=O)CCCCC1CCSS1. The second-order valence-electron chi connectivity index (χ2n) is 5.31. The predicted octanol–water partition coefficient (Wildman–Crippen LogP) is 4.36. The first-order valence-corrected chi connectivity index (χ1v) is 9.70. The van der Waals surface area contributed by atoms with Crippen molar-refractivity contribution >= 4 is 27.5 Å². The Morgan fingerprint density at radius 3 is 2.80 bits per heavy atom. The highest BCUT2D eigenvalue weighted by molar-refractivity contribution is 8.77. The van der Waals surface area contributed by atoms with E-state index in [2.05, 4.69) is 12.1 Å². The molecule has 0 saturated carbocycles. The van der Waals surface area contributed by atoms with Crippen molar-refractivity contribution in [3.8, 4) is 0 Å². The molecule has 1 saturated heterocycles. The summed E-state index contributed by atoms with van der Waals surface area (Å²) in [5.74, 6) is 1.57. The van der Waals surface area contributed by atoms with Gasteiger partial charge in [0.1, 0.15) is 0 Å². The van der Waals surface area contributed by atoms with Gasteiger partial charge in [0.2, 0.25) is 5.91 Å². The highest BCUT2D eigenvalue weighted by Gasteiger charge is 2.16. The van der Waals surface area contributed by atoms with Crippen molar-refractivity contribution in [2.45, 2.75) is 43.9 Å². The number of rotatable bonds is 7. The molecule has 0 aromatic heterocycles. The molecule has 2 nitrogen and oxygen atoms in total. The number of hydrogen-bond donors (Lipinski definition) is 0. The smallest absolute Gasteiger partial charge is 0.222 e. The van der Waals surface area contributed by atoms with E-state index in [9.17, 15) is 4.79 Å². The van der Waals surface area contributed by atoms with Crippen LogP contribution in [0.15, 0.2) is 30.3 Å². The van der Waals surface area contributed by atoms with Gasteiger partial charge < -0.3 is 4.90 Å². The number of amides is 1. The standard InChI is InChI=1S/C16H23NOS2/c1-17(13-14-7-3-2-4-8-14)16(18)10-6-5-9-15-11-12-19-20-15/h2-4,7-8,15H,5-6,9-13H2,1H3. The molecule has 1 heterocycles. The van der Waals surface area contributed by atoms with Crippen molar-refractivity contribution in [2.75, 3.05) is 12.8 Å². The van der Waals surface area contributed by atoms with E-state index >= 15 is 0 Å². The first-order valence-electron chi connectivity index (χ1n) is 7.32. The van der Waals surface area contributed by atoms with Crippen LogP contribution in [0.3, 0.4) is 0 Å². The Labute approximate surface area is 130 Å². The van der Waals surface area contributed by atoms with Crippen LogP contribution >= 0.6 is 21.6 Å². The summed E-state index contributed by atoms with van der Waals surface area (Å²) in [6.07, 6.45) is 5.52. The molecule has 4 heteroatoms. The molecule has 1 aromatic carbocycles. The minimum atomic E-state index is 0.266. The summed E-state index contributed by atoms with van der Waals surface area (Å²) >= 11 is 0. The molecular formula is C16H23NOS2. The van der Waals surface area contributed by atoms with Gasteiger partial charge in [-0.2, -0.15) is 0 Å². The van der Waals surface area contributed by atoms with Crippen molar-refractivity contribution < 1.29 is 4.79 Å². The fraction of sp³-hybridized carbons (Fsp3) is 0.562. The van der Waals surface area contributed by atoms with Gasteiger partial charge in [0.05, 0.1) is 0 Å². The first-order chi connectivity index (χ1) is 9.75. The lowest BCUT2D eigenvalue weighted by atomic mass is 10.1. The molecule has 0 spiro atoms. The van der Waals surface area contributed by atoms with Crippen molar-refractivity contribution in [3.05, 3.63) is 35.9 Å². The summed E-state index contributed by atoms with van der Waals surface area (Å²) in [7, 11) is 5.93. The summed E-state index contributed by atoms with van der Waals surface area (Å²) in [6.45, 7) is 0.717. The zero-order chi connectivity index (χ0) is 14.2. The van der Waals surface area contributed by atoms with E-state index in [-0.39, 0.29) is 5.91 Å². The van der Waals surface area contributed by atoms with Gasteiger partial charge in [0.25, 0.3) is 0 Å². The number of carbonyl (C=O) groups excluding carboxylic acids is 1. The molecule has 1 aromatic rings. The van der Waals surface area contributed by atoms with E-state index in [0.717, 1.165) is 18.2 Å². The maximum Gasteiger partial charge on any atom is 0.222 e. The Kier molecular flexibility index (Phi) is 6.80. The molecule has 0 N–H and O–H groups in total. The van der Waals surface area contributed by atoms with Gasteiger partial charge in [0.15, 0.2) is 0 Å². The molecule has 2 rings (SSSR count). The lowest BCUT2D eigenvalue weighted by Crippen LogP contribution is -2.25. The Morgan fingerprint density at radius 2 is 2.10 bits per heavy atom. The highest BCUT2D eigenvalue weighted by atomic mass is 33.1. The van der Waals surface area contributed by atoms with Gasteiger partial charge >= 0.3 is 0 Å². The molecule has 0 aliphatic carbocycles. The fourth-order valence-corrected chi connectivity index (χ4v) is 5.38. The number of benzene rings is 1. The van der Waals surface area contributed by atoms with Crippen molar-refractivity contribution in [3.63, 3.8) is 0 Å². The minimum Gasteiger partial charge on any atom is -0.341 e. The topological polar surface area (TPSA) is 20.3 Å². The number of hydrogen-bond acceptors (Lipinski definition) is 3. The molecule has 0 radical (unpaired) electrons. The number of unbranched alkanes of at least 4 members (excludes halogenated alkanes) is 1. The van der Waals surface area contributed by atoms with Crippen LogP contribution in [0.2, 0.25) is 0 Å². The quantitative estimate of drug-likeness (QED) is 0.551. The average molecular weight is 309 g/mol. The summed E-state index contributed by atoms with van der Waals surface area (Å²) in [4.78, 5) is 13.9. The molecule has 1 fully saturated rings. The second kappa shape index (κ2) is 8.63. The van der Waals surface area contributed by atoms with Crippen LogP contribution in [-0.4, -0.2) is 28.9 Å². The van der Waals surface area contributed by atoms with E-state index in [1.807, 2.05) is 51.7 Å². The van der Waals surface area contributed by atoms with E-state index in [0.29, 0.717) is 6.42 Å². The van der Waals surface area contributed by atoms with Gasteiger partial charge in [0, 0.05) is 31.0 Å². The van der Waals surface area contributed by atoms with Crippen LogP contribution in [0.1, 0.15) is 37.7 Å². The third-order valence-electron chi connectivity index (χ3n) is 3.58.